The van der Waals surface area contributed by atoms with E-state index in [0.717, 1.165) is 48.4 Å². The van der Waals surface area contributed by atoms with Crippen LogP contribution in [0.2, 0.25) is 0 Å². The van der Waals surface area contributed by atoms with Gasteiger partial charge in [0.1, 0.15) is 0 Å². The molecule has 0 spiro atoms. The lowest BCUT2D eigenvalue weighted by Crippen LogP contribution is -2.38. The first-order valence-electron chi connectivity index (χ1n) is 13.3. The second-order valence-electron chi connectivity index (χ2n) is 9.38. The van der Waals surface area contributed by atoms with Crippen LogP contribution in [0, 0.1) is 11.8 Å². The monoisotopic (exact) mass is 464 g/mol. The predicted octanol–water partition coefficient (Wildman–Crippen LogP) is 8.34. The van der Waals surface area contributed by atoms with Crippen LogP contribution in [0.15, 0.2) is 42.5 Å². The standard InChI is InChI=1S/C31H44O3/c1-5-7-9-11-13-15-21-29(22-16-14-12-10-8-6-2)34-30(32)31(3,33-4)28-24-23-26-19-17-18-20-27(26)25-28/h17-20,23-25,29H,5-15,21H2,1-4H3/t29-,31+/m1/s1. The average molecular weight is 465 g/mol. The minimum Gasteiger partial charge on any atom is -0.447 e. The molecule has 2 aromatic carbocycles. The summed E-state index contributed by atoms with van der Waals surface area (Å²) in [5, 5.41) is 2.21. The Balaban J connectivity index is 2.08. The fourth-order valence-electron chi connectivity index (χ4n) is 4.14. The van der Waals surface area contributed by atoms with Crippen molar-refractivity contribution >= 4 is 16.7 Å². The SMILES string of the molecule is CCCCCCC#C[C@@H](CCCCCCCC)OC(=O)[C@@](C)(OC)c1ccc2ccccc2c1. The lowest BCUT2D eigenvalue weighted by Gasteiger charge is -2.28. The van der Waals surface area contributed by atoms with Gasteiger partial charge in [-0.05, 0) is 48.6 Å². The van der Waals surface area contributed by atoms with Crippen molar-refractivity contribution in [3.63, 3.8) is 0 Å². The molecular formula is C31H44O3. The summed E-state index contributed by atoms with van der Waals surface area (Å²) in [7, 11) is 1.57. The third-order valence-corrected chi connectivity index (χ3v) is 6.59. The van der Waals surface area contributed by atoms with E-state index >= 15 is 0 Å². The van der Waals surface area contributed by atoms with Crippen LogP contribution in [0.3, 0.4) is 0 Å². The topological polar surface area (TPSA) is 35.5 Å². The van der Waals surface area contributed by atoms with E-state index in [1.807, 2.05) is 36.4 Å². The molecule has 0 N–H and O–H groups in total. The Morgan fingerprint density at radius 3 is 2.24 bits per heavy atom. The molecule has 0 heterocycles. The molecule has 0 amide bonds. The highest BCUT2D eigenvalue weighted by molar-refractivity contribution is 5.87. The van der Waals surface area contributed by atoms with Crippen molar-refractivity contribution in [1.82, 2.24) is 0 Å². The van der Waals surface area contributed by atoms with Gasteiger partial charge in [-0.3, -0.25) is 0 Å². The van der Waals surface area contributed by atoms with Crippen molar-refractivity contribution < 1.29 is 14.3 Å². The van der Waals surface area contributed by atoms with Gasteiger partial charge in [0.05, 0.1) is 0 Å². The van der Waals surface area contributed by atoms with Crippen LogP contribution in [-0.2, 0) is 19.9 Å². The Hall–Kier alpha value is -2.31. The highest BCUT2D eigenvalue weighted by Gasteiger charge is 2.38. The molecule has 0 unspecified atom stereocenters. The summed E-state index contributed by atoms with van der Waals surface area (Å²) < 4.78 is 11.7. The summed E-state index contributed by atoms with van der Waals surface area (Å²) in [4.78, 5) is 13.4. The third-order valence-electron chi connectivity index (χ3n) is 6.59. The Morgan fingerprint density at radius 1 is 0.882 bits per heavy atom. The Kier molecular flexibility index (Phi) is 12.8. The maximum Gasteiger partial charge on any atom is 0.344 e. The number of ether oxygens (including phenoxy) is 2. The predicted molar refractivity (Wildman–Crippen MR) is 143 cm³/mol. The second-order valence-corrected chi connectivity index (χ2v) is 9.38. The van der Waals surface area contributed by atoms with Crippen LogP contribution in [-0.4, -0.2) is 19.2 Å². The molecule has 0 aromatic heterocycles. The van der Waals surface area contributed by atoms with Gasteiger partial charge < -0.3 is 9.47 Å². The number of hydrogen-bond donors (Lipinski definition) is 0. The summed E-state index contributed by atoms with van der Waals surface area (Å²) in [6, 6.07) is 14.1. The van der Waals surface area contributed by atoms with Gasteiger partial charge in [-0.15, -0.1) is 0 Å². The molecule has 2 rings (SSSR count). The van der Waals surface area contributed by atoms with Crippen LogP contribution >= 0.6 is 0 Å². The minimum absolute atomic E-state index is 0.374. The quantitative estimate of drug-likeness (QED) is 0.151. The molecule has 0 aliphatic carbocycles. The molecule has 34 heavy (non-hydrogen) atoms. The second kappa shape index (κ2) is 15.6. The van der Waals surface area contributed by atoms with Crippen LogP contribution in [0.5, 0.6) is 0 Å². The number of benzene rings is 2. The molecule has 2 atom stereocenters. The van der Waals surface area contributed by atoms with Crippen molar-refractivity contribution in [2.24, 2.45) is 0 Å². The van der Waals surface area contributed by atoms with Gasteiger partial charge in [0, 0.05) is 13.5 Å². The van der Waals surface area contributed by atoms with Gasteiger partial charge in [-0.2, -0.15) is 0 Å². The van der Waals surface area contributed by atoms with Crippen molar-refractivity contribution in [2.45, 2.75) is 110 Å². The van der Waals surface area contributed by atoms with Crippen LogP contribution in [0.1, 0.15) is 103 Å². The van der Waals surface area contributed by atoms with E-state index in [1.165, 1.54) is 44.9 Å². The summed E-state index contributed by atoms with van der Waals surface area (Å²) >= 11 is 0. The van der Waals surface area contributed by atoms with Crippen LogP contribution < -0.4 is 0 Å². The molecule has 0 aliphatic heterocycles. The maximum absolute atomic E-state index is 13.4. The first kappa shape index (κ1) is 27.9. The van der Waals surface area contributed by atoms with Gasteiger partial charge in [-0.1, -0.05) is 113 Å². The number of carbonyl (C=O) groups is 1. The van der Waals surface area contributed by atoms with Gasteiger partial charge in [0.15, 0.2) is 11.7 Å². The van der Waals surface area contributed by atoms with Crippen LogP contribution in [0.4, 0.5) is 0 Å². The first-order chi connectivity index (χ1) is 16.5. The zero-order valence-electron chi connectivity index (χ0n) is 21.8. The number of carbonyl (C=O) groups excluding carboxylic acids is 1. The van der Waals surface area contributed by atoms with Crippen molar-refractivity contribution in [3.05, 3.63) is 48.0 Å². The Morgan fingerprint density at radius 2 is 1.53 bits per heavy atom. The number of methoxy groups -OCH3 is 1. The summed E-state index contributed by atoms with van der Waals surface area (Å²) in [5.74, 6) is 6.16. The summed E-state index contributed by atoms with van der Waals surface area (Å²) in [5.41, 5.74) is -0.379. The molecule has 2 aromatic rings. The number of esters is 1. The molecular weight excluding hydrogens is 420 g/mol. The molecule has 3 heteroatoms. The number of hydrogen-bond acceptors (Lipinski definition) is 3. The normalized spacial score (nSPS) is 13.6. The largest absolute Gasteiger partial charge is 0.447 e. The van der Waals surface area contributed by atoms with E-state index in [9.17, 15) is 4.79 Å². The number of fused-ring (bicyclic) bond motifs is 1. The third kappa shape index (κ3) is 8.80. The smallest absolute Gasteiger partial charge is 0.344 e. The molecule has 0 fully saturated rings. The van der Waals surface area contributed by atoms with E-state index in [1.54, 1.807) is 14.0 Å². The maximum atomic E-state index is 13.4. The molecule has 0 saturated carbocycles. The van der Waals surface area contributed by atoms with Gasteiger partial charge in [0.25, 0.3) is 0 Å². The molecule has 3 nitrogen and oxygen atoms in total. The zero-order valence-corrected chi connectivity index (χ0v) is 21.8. The fraction of sp³-hybridized carbons (Fsp3) is 0.581. The van der Waals surface area contributed by atoms with E-state index in [4.69, 9.17) is 9.47 Å². The molecule has 0 bridgehead atoms. The van der Waals surface area contributed by atoms with E-state index in [0.29, 0.717) is 0 Å². The average Bonchev–Trinajstić information content (AvgIpc) is 2.86. The van der Waals surface area contributed by atoms with Gasteiger partial charge >= 0.3 is 5.97 Å². The van der Waals surface area contributed by atoms with Crippen LogP contribution in [0.25, 0.3) is 10.8 Å². The van der Waals surface area contributed by atoms with Gasteiger partial charge in [-0.25, -0.2) is 4.79 Å². The molecule has 0 radical (unpaired) electrons. The fourth-order valence-corrected chi connectivity index (χ4v) is 4.14. The lowest BCUT2D eigenvalue weighted by atomic mass is 9.93. The lowest BCUT2D eigenvalue weighted by molar-refractivity contribution is -0.171. The van der Waals surface area contributed by atoms with Crippen molar-refractivity contribution in [1.29, 1.82) is 0 Å². The van der Waals surface area contributed by atoms with E-state index < -0.39 is 5.60 Å². The number of unbranched alkanes of at least 4 members (excludes halogenated alkanes) is 9. The Labute approximate surface area is 207 Å². The Bertz CT molecular complexity index is 923. The van der Waals surface area contributed by atoms with E-state index in [2.05, 4.69) is 31.8 Å². The highest BCUT2D eigenvalue weighted by atomic mass is 16.6. The molecule has 186 valence electrons. The van der Waals surface area contributed by atoms with Crippen molar-refractivity contribution in [3.8, 4) is 11.8 Å². The minimum atomic E-state index is -1.17. The first-order valence-corrected chi connectivity index (χ1v) is 13.3. The van der Waals surface area contributed by atoms with Crippen molar-refractivity contribution in [2.75, 3.05) is 7.11 Å². The molecule has 0 saturated heterocycles. The van der Waals surface area contributed by atoms with E-state index in [-0.39, 0.29) is 12.1 Å². The summed E-state index contributed by atoms with van der Waals surface area (Å²) in [6.07, 6.45) is 13.2. The van der Waals surface area contributed by atoms with Gasteiger partial charge in [0.2, 0.25) is 0 Å². The summed E-state index contributed by atoms with van der Waals surface area (Å²) in [6.45, 7) is 6.23. The highest BCUT2D eigenvalue weighted by Crippen LogP contribution is 2.30. The molecule has 0 aliphatic rings. The zero-order chi connectivity index (χ0) is 24.7. The number of rotatable bonds is 15.